The normalized spacial score (nSPS) is 10.3. The average Bonchev–Trinajstić information content (AvgIpc) is 2.42. The van der Waals surface area contributed by atoms with Crippen molar-refractivity contribution in [3.05, 3.63) is 45.9 Å². The molecule has 0 atom stereocenters. The zero-order chi connectivity index (χ0) is 13.8. The third-order valence-corrected chi connectivity index (χ3v) is 3.17. The molecule has 1 heterocycles. The van der Waals surface area contributed by atoms with Crippen molar-refractivity contribution in [2.45, 2.75) is 6.54 Å². The van der Waals surface area contributed by atoms with E-state index in [-0.39, 0.29) is 5.82 Å². The second-order valence-corrected chi connectivity index (χ2v) is 4.70. The molecular weight excluding hydrogens is 285 g/mol. The van der Waals surface area contributed by atoms with Crippen molar-refractivity contribution < 1.29 is 4.74 Å². The summed E-state index contributed by atoms with van der Waals surface area (Å²) in [4.78, 5) is 4.10. The number of pyridine rings is 1. The molecule has 3 N–H and O–H groups in total. The van der Waals surface area contributed by atoms with Gasteiger partial charge in [0.05, 0.1) is 17.2 Å². The monoisotopic (exact) mass is 297 g/mol. The Kier molecular flexibility index (Phi) is 4.35. The lowest BCUT2D eigenvalue weighted by Gasteiger charge is -2.09. The number of nitrogens with one attached hydrogen (secondary N) is 1. The van der Waals surface area contributed by atoms with Crippen molar-refractivity contribution in [2.24, 2.45) is 0 Å². The maximum Gasteiger partial charge on any atom is 0.147 e. The van der Waals surface area contributed by atoms with Gasteiger partial charge in [-0.1, -0.05) is 35.3 Å². The Morgan fingerprint density at radius 2 is 1.89 bits per heavy atom. The Hall–Kier alpha value is -1.65. The Balaban J connectivity index is 2.07. The van der Waals surface area contributed by atoms with Gasteiger partial charge in [0.15, 0.2) is 0 Å². The molecule has 2 aromatic rings. The van der Waals surface area contributed by atoms with E-state index in [1.165, 1.54) is 0 Å². The molecule has 4 nitrogen and oxygen atoms in total. The van der Waals surface area contributed by atoms with Gasteiger partial charge in [-0.2, -0.15) is 0 Å². The molecule has 0 bridgehead atoms. The van der Waals surface area contributed by atoms with Gasteiger partial charge >= 0.3 is 0 Å². The molecule has 1 aromatic heterocycles. The van der Waals surface area contributed by atoms with E-state index in [1.54, 1.807) is 13.2 Å². The van der Waals surface area contributed by atoms with Gasteiger partial charge in [-0.3, -0.25) is 0 Å². The highest BCUT2D eigenvalue weighted by molar-refractivity contribution is 6.37. The molecule has 1 aromatic carbocycles. The number of nitrogens with two attached hydrogens (primary N) is 1. The number of nitrogen functional groups attached to an aromatic ring is 1. The molecule has 0 saturated carbocycles. The molecular formula is C13H13Cl2N3O. The lowest BCUT2D eigenvalue weighted by Crippen LogP contribution is -2.04. The van der Waals surface area contributed by atoms with Crippen LogP contribution in [0.25, 0.3) is 0 Å². The van der Waals surface area contributed by atoms with E-state index >= 15 is 0 Å². The summed E-state index contributed by atoms with van der Waals surface area (Å²) in [6, 6.07) is 9.27. The van der Waals surface area contributed by atoms with Crippen LogP contribution in [0.1, 0.15) is 5.56 Å². The lowest BCUT2D eigenvalue weighted by atomic mass is 10.2. The number of methoxy groups -OCH3 is 1. The van der Waals surface area contributed by atoms with E-state index in [2.05, 4.69) is 10.3 Å². The summed E-state index contributed by atoms with van der Waals surface area (Å²) in [6.07, 6.45) is 0. The summed E-state index contributed by atoms with van der Waals surface area (Å²) < 4.78 is 5.09. The summed E-state index contributed by atoms with van der Waals surface area (Å²) in [7, 11) is 1.63. The first-order valence-electron chi connectivity index (χ1n) is 5.58. The molecule has 0 saturated heterocycles. The molecule has 0 radical (unpaired) electrons. The number of halogens is 2. The van der Waals surface area contributed by atoms with Crippen molar-refractivity contribution >= 4 is 34.8 Å². The molecule has 0 spiro atoms. The Morgan fingerprint density at radius 1 is 1.21 bits per heavy atom. The van der Waals surface area contributed by atoms with E-state index < -0.39 is 0 Å². The first-order valence-corrected chi connectivity index (χ1v) is 6.34. The van der Waals surface area contributed by atoms with Gasteiger partial charge in [0.25, 0.3) is 0 Å². The third-order valence-electron chi connectivity index (χ3n) is 2.58. The van der Waals surface area contributed by atoms with Crippen LogP contribution in [0.4, 0.5) is 11.6 Å². The molecule has 0 aliphatic carbocycles. The first kappa shape index (κ1) is 13.8. The highest BCUT2D eigenvalue weighted by atomic mass is 35.5. The summed E-state index contributed by atoms with van der Waals surface area (Å²) >= 11 is 11.9. The van der Waals surface area contributed by atoms with Crippen molar-refractivity contribution in [1.82, 2.24) is 4.98 Å². The summed E-state index contributed by atoms with van der Waals surface area (Å²) in [6.45, 7) is 0.581. The van der Waals surface area contributed by atoms with E-state index in [0.717, 1.165) is 11.3 Å². The van der Waals surface area contributed by atoms with Crippen molar-refractivity contribution in [1.29, 1.82) is 0 Å². The number of benzene rings is 1. The summed E-state index contributed by atoms with van der Waals surface area (Å²) in [5, 5.41) is 3.90. The van der Waals surface area contributed by atoms with Crippen LogP contribution in [0.15, 0.2) is 30.3 Å². The summed E-state index contributed by atoms with van der Waals surface area (Å²) in [5.74, 6) is 1.58. The van der Waals surface area contributed by atoms with Crippen molar-refractivity contribution in [2.75, 3.05) is 18.2 Å². The number of aromatic nitrogens is 1. The second kappa shape index (κ2) is 5.99. The molecule has 0 aliphatic rings. The highest BCUT2D eigenvalue weighted by Gasteiger charge is 2.06. The number of hydrogen-bond acceptors (Lipinski definition) is 4. The van der Waals surface area contributed by atoms with Crippen molar-refractivity contribution in [3.63, 3.8) is 0 Å². The topological polar surface area (TPSA) is 60.2 Å². The fraction of sp³-hybridized carbons (Fsp3) is 0.154. The van der Waals surface area contributed by atoms with Crippen molar-refractivity contribution in [3.8, 4) is 5.75 Å². The summed E-state index contributed by atoms with van der Waals surface area (Å²) in [5.41, 5.74) is 6.71. The Morgan fingerprint density at radius 3 is 2.53 bits per heavy atom. The fourth-order valence-corrected chi connectivity index (χ4v) is 1.96. The molecule has 6 heteroatoms. The van der Waals surface area contributed by atoms with E-state index in [9.17, 15) is 0 Å². The minimum absolute atomic E-state index is 0.253. The quantitative estimate of drug-likeness (QED) is 0.905. The average molecular weight is 298 g/mol. The Labute approximate surface area is 121 Å². The maximum atomic E-state index is 6.03. The van der Waals surface area contributed by atoms with Crippen LogP contribution >= 0.6 is 23.2 Å². The maximum absolute atomic E-state index is 6.03. The molecule has 0 unspecified atom stereocenters. The zero-order valence-electron chi connectivity index (χ0n) is 10.3. The molecule has 2 rings (SSSR count). The molecule has 0 aliphatic heterocycles. The van der Waals surface area contributed by atoms with E-state index in [1.807, 2.05) is 24.3 Å². The number of nitrogens with zero attached hydrogens (tertiary/aromatic N) is 1. The molecule has 19 heavy (non-hydrogen) atoms. The van der Waals surface area contributed by atoms with Gasteiger partial charge in [-0.15, -0.1) is 0 Å². The number of rotatable bonds is 4. The third kappa shape index (κ3) is 3.43. The van der Waals surface area contributed by atoms with Gasteiger partial charge in [0.1, 0.15) is 17.4 Å². The van der Waals surface area contributed by atoms with Gasteiger partial charge in [-0.25, -0.2) is 4.98 Å². The van der Waals surface area contributed by atoms with Crippen LogP contribution in [0.3, 0.4) is 0 Å². The first-order chi connectivity index (χ1) is 9.10. The minimum atomic E-state index is 0.253. The van der Waals surface area contributed by atoms with E-state index in [4.69, 9.17) is 33.7 Å². The fourth-order valence-electron chi connectivity index (χ4n) is 1.53. The number of ether oxygens (including phenoxy) is 1. The zero-order valence-corrected chi connectivity index (χ0v) is 11.8. The molecule has 0 amide bonds. The largest absolute Gasteiger partial charge is 0.497 e. The van der Waals surface area contributed by atoms with Gasteiger partial charge in [0, 0.05) is 6.54 Å². The van der Waals surface area contributed by atoms with Crippen LogP contribution in [0, 0.1) is 0 Å². The molecule has 0 fully saturated rings. The second-order valence-electron chi connectivity index (χ2n) is 3.89. The van der Waals surface area contributed by atoms with E-state index in [0.29, 0.717) is 22.4 Å². The predicted molar refractivity (Wildman–Crippen MR) is 79.0 cm³/mol. The number of anilines is 2. The predicted octanol–water partition coefficient (Wildman–Crippen LogP) is 3.59. The van der Waals surface area contributed by atoms with Crippen LogP contribution in [0.5, 0.6) is 5.75 Å². The van der Waals surface area contributed by atoms with Crippen LogP contribution in [-0.2, 0) is 6.54 Å². The van der Waals surface area contributed by atoms with Crippen LogP contribution < -0.4 is 15.8 Å². The number of hydrogen-bond donors (Lipinski definition) is 2. The standard InChI is InChI=1S/C13H13Cl2N3O/c1-19-9-4-2-8(3-5-9)7-17-13-11(15)6-10(14)12(16)18-13/h2-6H,7H2,1H3,(H3,16,17,18). The van der Waals surface area contributed by atoms with Crippen LogP contribution in [-0.4, -0.2) is 12.1 Å². The molecule has 100 valence electrons. The van der Waals surface area contributed by atoms with Crippen LogP contribution in [0.2, 0.25) is 10.0 Å². The Bertz CT molecular complexity index is 573. The highest BCUT2D eigenvalue weighted by Crippen LogP contribution is 2.27. The van der Waals surface area contributed by atoms with Gasteiger partial charge in [0.2, 0.25) is 0 Å². The SMILES string of the molecule is COc1ccc(CNc2nc(N)c(Cl)cc2Cl)cc1. The van der Waals surface area contributed by atoms with Gasteiger partial charge < -0.3 is 15.8 Å². The minimum Gasteiger partial charge on any atom is -0.497 e. The smallest absolute Gasteiger partial charge is 0.147 e. The van der Waals surface area contributed by atoms with Gasteiger partial charge in [-0.05, 0) is 23.8 Å². The lowest BCUT2D eigenvalue weighted by molar-refractivity contribution is 0.414.